The minimum atomic E-state index is -0.774. The largest absolute Gasteiger partial charge is 0.357 e. The van der Waals surface area contributed by atoms with E-state index in [1.54, 1.807) is 0 Å². The molecule has 0 amide bonds. The monoisotopic (exact) mass is 360 g/mol. The second-order valence-corrected chi connectivity index (χ2v) is 8.32. The number of hydrogen-bond donors (Lipinski definition) is 0. The number of rotatable bonds is 6. The quantitative estimate of drug-likeness (QED) is 0.290. The van der Waals surface area contributed by atoms with Gasteiger partial charge in [0.2, 0.25) is 0 Å². The Morgan fingerprint density at radius 2 is 1.27 bits per heavy atom. The normalized spacial score (nSPS) is 12.3. The molecule has 0 aliphatic carbocycles. The predicted molar refractivity (Wildman–Crippen MR) is 114 cm³/mol. The van der Waals surface area contributed by atoms with E-state index in [2.05, 4.69) is 66.7 Å². The lowest BCUT2D eigenvalue weighted by Crippen LogP contribution is -2.34. The molecule has 4 aromatic rings. The van der Waals surface area contributed by atoms with Crippen LogP contribution >= 0.6 is 0 Å². The van der Waals surface area contributed by atoms with Crippen molar-refractivity contribution in [1.29, 1.82) is 0 Å². The maximum atomic E-state index is 5.91. The Morgan fingerprint density at radius 1 is 0.692 bits per heavy atom. The van der Waals surface area contributed by atoms with Crippen LogP contribution in [0.2, 0.25) is 0 Å². The van der Waals surface area contributed by atoms with Gasteiger partial charge in [0.05, 0.1) is 0 Å². The first-order chi connectivity index (χ1) is 12.8. The van der Waals surface area contributed by atoms with Crippen LogP contribution in [0.3, 0.4) is 0 Å². The summed E-state index contributed by atoms with van der Waals surface area (Å²) in [5.41, 5.74) is 0. The van der Waals surface area contributed by atoms with Crippen LogP contribution < -0.4 is 5.19 Å². The standard InChI is InChI=1S/C23H24O2Si/c1-3-24-23(25-4-2)26-22-20-12-8-7-11-18(20)14-19-13-16-9-5-6-10-17(16)15-21(19)22/h5-15,23H,3-4,26H2,1-2H3. The maximum absolute atomic E-state index is 5.91. The molecule has 0 aliphatic heterocycles. The van der Waals surface area contributed by atoms with E-state index in [1.165, 1.54) is 37.5 Å². The molecular weight excluding hydrogens is 336 g/mol. The van der Waals surface area contributed by atoms with Gasteiger partial charge in [-0.2, -0.15) is 0 Å². The van der Waals surface area contributed by atoms with E-state index in [4.69, 9.17) is 9.47 Å². The second-order valence-electron chi connectivity index (χ2n) is 6.54. The molecule has 3 heteroatoms. The fraction of sp³-hybridized carbons (Fsp3) is 0.217. The van der Waals surface area contributed by atoms with Crippen molar-refractivity contribution in [3.63, 3.8) is 0 Å². The van der Waals surface area contributed by atoms with E-state index < -0.39 is 9.52 Å². The summed E-state index contributed by atoms with van der Waals surface area (Å²) in [5.74, 6) is -0.0783. The van der Waals surface area contributed by atoms with Gasteiger partial charge in [-0.05, 0) is 69.6 Å². The lowest BCUT2D eigenvalue weighted by atomic mass is 9.99. The molecule has 26 heavy (non-hydrogen) atoms. The average Bonchev–Trinajstić information content (AvgIpc) is 2.67. The van der Waals surface area contributed by atoms with Crippen LogP contribution in [0.1, 0.15) is 13.8 Å². The summed E-state index contributed by atoms with van der Waals surface area (Å²) < 4.78 is 11.8. The lowest BCUT2D eigenvalue weighted by Gasteiger charge is -2.19. The number of fused-ring (bicyclic) bond motifs is 3. The number of hydrogen-bond acceptors (Lipinski definition) is 2. The summed E-state index contributed by atoms with van der Waals surface area (Å²) in [4.78, 5) is 0. The van der Waals surface area contributed by atoms with Crippen molar-refractivity contribution >= 4 is 47.0 Å². The molecule has 0 heterocycles. The van der Waals surface area contributed by atoms with E-state index in [9.17, 15) is 0 Å². The molecule has 0 unspecified atom stereocenters. The Labute approximate surface area is 156 Å². The minimum Gasteiger partial charge on any atom is -0.357 e. The van der Waals surface area contributed by atoms with Crippen LogP contribution in [-0.2, 0) is 9.47 Å². The van der Waals surface area contributed by atoms with Crippen molar-refractivity contribution in [3.8, 4) is 0 Å². The van der Waals surface area contributed by atoms with Crippen LogP contribution in [-0.4, -0.2) is 28.6 Å². The third kappa shape index (κ3) is 3.26. The smallest absolute Gasteiger partial charge is 0.139 e. The Morgan fingerprint density at radius 3 is 1.96 bits per heavy atom. The topological polar surface area (TPSA) is 18.5 Å². The third-order valence-corrected chi connectivity index (χ3v) is 6.89. The molecule has 2 nitrogen and oxygen atoms in total. The van der Waals surface area contributed by atoms with Gasteiger partial charge >= 0.3 is 0 Å². The van der Waals surface area contributed by atoms with Gasteiger partial charge in [0.15, 0.2) is 0 Å². The van der Waals surface area contributed by atoms with E-state index in [1.807, 2.05) is 13.8 Å². The zero-order valence-electron chi connectivity index (χ0n) is 15.4. The van der Waals surface area contributed by atoms with Gasteiger partial charge in [-0.25, -0.2) is 0 Å². The zero-order valence-corrected chi connectivity index (χ0v) is 16.8. The fourth-order valence-corrected chi connectivity index (χ4v) is 5.88. The highest BCUT2D eigenvalue weighted by atomic mass is 28.2. The molecule has 0 radical (unpaired) electrons. The second kappa shape index (κ2) is 7.58. The van der Waals surface area contributed by atoms with Gasteiger partial charge in [-0.3, -0.25) is 0 Å². The Bertz CT molecular complexity index is 1050. The van der Waals surface area contributed by atoms with Gasteiger partial charge in [0, 0.05) is 13.2 Å². The van der Waals surface area contributed by atoms with E-state index in [-0.39, 0.29) is 5.91 Å². The predicted octanol–water partition coefficient (Wildman–Crippen LogP) is 4.30. The van der Waals surface area contributed by atoms with Crippen molar-refractivity contribution in [2.75, 3.05) is 13.2 Å². The van der Waals surface area contributed by atoms with Crippen LogP contribution in [0.5, 0.6) is 0 Å². The SMILES string of the molecule is CCOC(OCC)[SiH2]c1c2ccccc2cc2cc3ccccc3cc12. The molecule has 0 bridgehead atoms. The summed E-state index contributed by atoms with van der Waals surface area (Å²) in [6.45, 7) is 5.44. The molecule has 0 fully saturated rings. The van der Waals surface area contributed by atoms with Gasteiger partial charge < -0.3 is 9.47 Å². The molecule has 0 aliphatic rings. The summed E-state index contributed by atoms with van der Waals surface area (Å²) in [5, 5.41) is 9.30. The molecule has 4 rings (SSSR count). The summed E-state index contributed by atoms with van der Waals surface area (Å²) in [6.07, 6.45) is 0. The first-order valence-corrected chi connectivity index (χ1v) is 10.9. The van der Waals surface area contributed by atoms with Gasteiger partial charge in [-0.15, -0.1) is 0 Å². The highest BCUT2D eigenvalue weighted by Gasteiger charge is 2.16. The van der Waals surface area contributed by atoms with Crippen molar-refractivity contribution < 1.29 is 9.47 Å². The lowest BCUT2D eigenvalue weighted by molar-refractivity contribution is -0.0816. The van der Waals surface area contributed by atoms with Crippen LogP contribution in [0.25, 0.3) is 32.3 Å². The van der Waals surface area contributed by atoms with Crippen LogP contribution in [0, 0.1) is 0 Å². The summed E-state index contributed by atoms with van der Waals surface area (Å²) in [6, 6.07) is 24.2. The van der Waals surface area contributed by atoms with Crippen molar-refractivity contribution in [3.05, 3.63) is 66.7 Å². The van der Waals surface area contributed by atoms with Crippen molar-refractivity contribution in [2.45, 2.75) is 19.8 Å². The minimum absolute atomic E-state index is 0.0783. The summed E-state index contributed by atoms with van der Waals surface area (Å²) in [7, 11) is -0.774. The molecule has 4 aromatic carbocycles. The Balaban J connectivity index is 1.97. The highest BCUT2D eigenvalue weighted by molar-refractivity contribution is 6.62. The van der Waals surface area contributed by atoms with Gasteiger partial charge in [0.25, 0.3) is 0 Å². The zero-order chi connectivity index (χ0) is 17.9. The first kappa shape index (κ1) is 17.2. The number of ether oxygens (including phenoxy) is 2. The molecule has 0 N–H and O–H groups in total. The van der Waals surface area contributed by atoms with Crippen molar-refractivity contribution in [2.24, 2.45) is 0 Å². The molecule has 0 spiro atoms. The molecule has 132 valence electrons. The third-order valence-electron chi connectivity index (χ3n) is 4.92. The molecule has 0 saturated carbocycles. The molecule has 0 aromatic heterocycles. The van der Waals surface area contributed by atoms with Crippen LogP contribution in [0.15, 0.2) is 66.7 Å². The van der Waals surface area contributed by atoms with Gasteiger partial charge in [0.1, 0.15) is 15.4 Å². The number of benzene rings is 4. The average molecular weight is 361 g/mol. The highest BCUT2D eigenvalue weighted by Crippen LogP contribution is 2.26. The Hall–Kier alpha value is -2.20. The van der Waals surface area contributed by atoms with Crippen molar-refractivity contribution in [1.82, 2.24) is 0 Å². The fourth-order valence-electron chi connectivity index (χ4n) is 3.77. The van der Waals surface area contributed by atoms with E-state index >= 15 is 0 Å². The molecule has 0 atom stereocenters. The van der Waals surface area contributed by atoms with Crippen LogP contribution in [0.4, 0.5) is 0 Å². The summed E-state index contributed by atoms with van der Waals surface area (Å²) >= 11 is 0. The van der Waals surface area contributed by atoms with E-state index in [0.29, 0.717) is 13.2 Å². The first-order valence-electron chi connectivity index (χ1n) is 9.36. The molecule has 0 saturated heterocycles. The van der Waals surface area contributed by atoms with E-state index in [0.717, 1.165) is 0 Å². The molecular formula is C23H24O2Si. The Kier molecular flexibility index (Phi) is 5.02. The maximum Gasteiger partial charge on any atom is 0.139 e. The van der Waals surface area contributed by atoms with Gasteiger partial charge in [-0.1, -0.05) is 48.5 Å².